The summed E-state index contributed by atoms with van der Waals surface area (Å²) >= 11 is 11.7. The van der Waals surface area contributed by atoms with E-state index in [0.717, 1.165) is 0 Å². The van der Waals surface area contributed by atoms with E-state index in [2.05, 4.69) is 9.97 Å². The minimum Gasteiger partial charge on any atom is -0.304 e. The first-order valence-electron chi connectivity index (χ1n) is 4.71. The predicted octanol–water partition coefficient (Wildman–Crippen LogP) is 3.19. The molecule has 0 saturated carbocycles. The van der Waals surface area contributed by atoms with Crippen molar-refractivity contribution < 1.29 is 4.39 Å². The van der Waals surface area contributed by atoms with Crippen LogP contribution in [0, 0.1) is 12.7 Å². The number of aryl methyl sites for hydroxylation is 1. The van der Waals surface area contributed by atoms with E-state index < -0.39 is 11.4 Å². The molecule has 0 aliphatic heterocycles. The minimum absolute atomic E-state index is 0.0229. The summed E-state index contributed by atoms with van der Waals surface area (Å²) in [6.45, 7) is 1.41. The van der Waals surface area contributed by atoms with E-state index >= 15 is 0 Å². The molecule has 2 aromatic rings. The maximum Gasteiger partial charge on any atom is 0.287 e. The van der Waals surface area contributed by atoms with Gasteiger partial charge in [-0.1, -0.05) is 23.2 Å². The highest BCUT2D eigenvalue weighted by molar-refractivity contribution is 6.36. The van der Waals surface area contributed by atoms with Gasteiger partial charge < -0.3 is 4.98 Å². The van der Waals surface area contributed by atoms with Gasteiger partial charge in [0.2, 0.25) is 5.82 Å². The molecule has 1 N–H and O–H groups in total. The van der Waals surface area contributed by atoms with Crippen LogP contribution in [0.3, 0.4) is 0 Å². The first-order chi connectivity index (χ1) is 7.99. The van der Waals surface area contributed by atoms with Gasteiger partial charge in [-0.05, 0) is 25.1 Å². The van der Waals surface area contributed by atoms with Crippen molar-refractivity contribution in [2.45, 2.75) is 6.92 Å². The predicted molar refractivity (Wildman–Crippen MR) is 65.0 cm³/mol. The summed E-state index contributed by atoms with van der Waals surface area (Å²) in [5.74, 6) is -0.672. The number of aromatic nitrogens is 2. The molecule has 0 atom stereocenters. The maximum absolute atomic E-state index is 13.1. The number of aromatic amines is 1. The van der Waals surface area contributed by atoms with Gasteiger partial charge >= 0.3 is 0 Å². The lowest BCUT2D eigenvalue weighted by Crippen LogP contribution is -2.15. The van der Waals surface area contributed by atoms with Gasteiger partial charge in [0.05, 0.1) is 10.7 Å². The average Bonchev–Trinajstić information content (AvgIpc) is 2.25. The normalized spacial score (nSPS) is 10.6. The fourth-order valence-corrected chi connectivity index (χ4v) is 1.88. The van der Waals surface area contributed by atoms with Crippen molar-refractivity contribution in [3.05, 3.63) is 50.1 Å². The van der Waals surface area contributed by atoms with Crippen LogP contribution in [0.4, 0.5) is 4.39 Å². The Hall–Kier alpha value is -1.39. The van der Waals surface area contributed by atoms with Crippen molar-refractivity contribution in [3.63, 3.8) is 0 Å². The third-order valence-corrected chi connectivity index (χ3v) is 2.76. The number of nitrogens with zero attached hydrogens (tertiary/aromatic N) is 1. The second-order valence-corrected chi connectivity index (χ2v) is 4.28. The van der Waals surface area contributed by atoms with E-state index in [1.165, 1.54) is 13.0 Å². The van der Waals surface area contributed by atoms with Gasteiger partial charge in [0.25, 0.3) is 5.56 Å². The van der Waals surface area contributed by atoms with Crippen LogP contribution in [-0.4, -0.2) is 9.97 Å². The Morgan fingerprint density at radius 2 is 2.06 bits per heavy atom. The summed E-state index contributed by atoms with van der Waals surface area (Å²) in [5.41, 5.74) is -0.301. The number of benzene rings is 1. The number of nitrogens with one attached hydrogen (secondary N) is 1. The average molecular weight is 273 g/mol. The van der Waals surface area contributed by atoms with E-state index in [0.29, 0.717) is 15.6 Å². The SMILES string of the molecule is Cc1nc(-c2ccc(Cl)cc2Cl)[nH]c(=O)c1F. The molecule has 6 heteroatoms. The molecule has 3 nitrogen and oxygen atoms in total. The standard InChI is InChI=1S/C11H7Cl2FN2O/c1-5-9(14)11(17)16-10(15-5)7-3-2-6(12)4-8(7)13/h2-4H,1H3,(H,15,16,17). The monoisotopic (exact) mass is 272 g/mol. The van der Waals surface area contributed by atoms with Gasteiger partial charge in [0.15, 0.2) is 0 Å². The van der Waals surface area contributed by atoms with Crippen molar-refractivity contribution in [2.24, 2.45) is 0 Å². The highest BCUT2D eigenvalue weighted by Crippen LogP contribution is 2.27. The topological polar surface area (TPSA) is 45.8 Å². The zero-order valence-electron chi connectivity index (χ0n) is 8.72. The highest BCUT2D eigenvalue weighted by atomic mass is 35.5. The molecule has 0 fully saturated rings. The minimum atomic E-state index is -0.890. The van der Waals surface area contributed by atoms with Crippen LogP contribution in [0.25, 0.3) is 11.4 Å². The molecular weight excluding hydrogens is 266 g/mol. The molecule has 1 heterocycles. The third-order valence-electron chi connectivity index (χ3n) is 2.21. The van der Waals surface area contributed by atoms with E-state index in [1.54, 1.807) is 12.1 Å². The molecule has 0 aliphatic rings. The molecule has 0 radical (unpaired) electrons. The Morgan fingerprint density at radius 1 is 1.35 bits per heavy atom. The zero-order chi connectivity index (χ0) is 12.6. The Morgan fingerprint density at radius 3 is 2.65 bits per heavy atom. The van der Waals surface area contributed by atoms with Crippen LogP contribution in [0.15, 0.2) is 23.0 Å². The molecule has 0 spiro atoms. The molecule has 1 aromatic carbocycles. The molecule has 2 rings (SSSR count). The van der Waals surface area contributed by atoms with Crippen molar-refractivity contribution in [3.8, 4) is 11.4 Å². The lowest BCUT2D eigenvalue weighted by molar-refractivity contribution is 0.589. The largest absolute Gasteiger partial charge is 0.304 e. The zero-order valence-corrected chi connectivity index (χ0v) is 10.2. The van der Waals surface area contributed by atoms with Gasteiger partial charge in [-0.25, -0.2) is 4.98 Å². The van der Waals surface area contributed by atoms with E-state index in [-0.39, 0.29) is 11.5 Å². The lowest BCUT2D eigenvalue weighted by Gasteiger charge is -2.05. The summed E-state index contributed by atoms with van der Waals surface area (Å²) in [5, 5.41) is 0.812. The van der Waals surface area contributed by atoms with Gasteiger partial charge in [-0.3, -0.25) is 4.79 Å². The first kappa shape index (κ1) is 12.1. The molecule has 0 amide bonds. The summed E-state index contributed by atoms with van der Waals surface area (Å²) in [6, 6.07) is 4.75. The highest BCUT2D eigenvalue weighted by Gasteiger charge is 2.11. The smallest absolute Gasteiger partial charge is 0.287 e. The number of rotatable bonds is 1. The lowest BCUT2D eigenvalue weighted by atomic mass is 10.2. The molecule has 0 aliphatic carbocycles. The van der Waals surface area contributed by atoms with Crippen LogP contribution in [0.2, 0.25) is 10.0 Å². The van der Waals surface area contributed by atoms with Crippen molar-refractivity contribution >= 4 is 23.2 Å². The Labute approximate surface area is 106 Å². The van der Waals surface area contributed by atoms with E-state index in [9.17, 15) is 9.18 Å². The molecular formula is C11H7Cl2FN2O. The summed E-state index contributed by atoms with van der Waals surface area (Å²) in [7, 11) is 0. The van der Waals surface area contributed by atoms with Gasteiger partial charge in [-0.2, -0.15) is 4.39 Å². The van der Waals surface area contributed by atoms with Crippen LogP contribution in [0.1, 0.15) is 5.69 Å². The number of hydrogen-bond acceptors (Lipinski definition) is 2. The van der Waals surface area contributed by atoms with Crippen LogP contribution in [0.5, 0.6) is 0 Å². The van der Waals surface area contributed by atoms with E-state index in [1.807, 2.05) is 0 Å². The maximum atomic E-state index is 13.1. The van der Waals surface area contributed by atoms with Crippen LogP contribution in [-0.2, 0) is 0 Å². The molecule has 1 aromatic heterocycles. The summed E-state index contributed by atoms with van der Waals surface area (Å²) in [4.78, 5) is 17.5. The molecule has 17 heavy (non-hydrogen) atoms. The Bertz CT molecular complexity index is 640. The van der Waals surface area contributed by atoms with Crippen LogP contribution < -0.4 is 5.56 Å². The first-order valence-corrected chi connectivity index (χ1v) is 5.46. The van der Waals surface area contributed by atoms with Crippen molar-refractivity contribution in [1.29, 1.82) is 0 Å². The summed E-state index contributed by atoms with van der Waals surface area (Å²) in [6.07, 6.45) is 0. The Kier molecular flexibility index (Phi) is 3.17. The molecule has 0 bridgehead atoms. The fraction of sp³-hybridized carbons (Fsp3) is 0.0909. The number of H-pyrrole nitrogens is 1. The van der Waals surface area contributed by atoms with Crippen molar-refractivity contribution in [1.82, 2.24) is 9.97 Å². The third kappa shape index (κ3) is 2.33. The molecule has 88 valence electrons. The van der Waals surface area contributed by atoms with Gasteiger partial charge in [-0.15, -0.1) is 0 Å². The second kappa shape index (κ2) is 4.47. The van der Waals surface area contributed by atoms with Gasteiger partial charge in [0.1, 0.15) is 5.82 Å². The quantitative estimate of drug-likeness (QED) is 0.867. The number of halogens is 3. The van der Waals surface area contributed by atoms with Crippen LogP contribution >= 0.6 is 23.2 Å². The van der Waals surface area contributed by atoms with Crippen molar-refractivity contribution in [2.75, 3.05) is 0 Å². The van der Waals surface area contributed by atoms with Gasteiger partial charge in [0, 0.05) is 10.6 Å². The Balaban J connectivity index is 2.65. The second-order valence-electron chi connectivity index (χ2n) is 3.44. The number of hydrogen-bond donors (Lipinski definition) is 1. The fourth-order valence-electron chi connectivity index (χ4n) is 1.38. The molecule has 0 saturated heterocycles. The summed E-state index contributed by atoms with van der Waals surface area (Å²) < 4.78 is 13.1. The molecule has 0 unspecified atom stereocenters. The van der Waals surface area contributed by atoms with E-state index in [4.69, 9.17) is 23.2 Å².